The van der Waals surface area contributed by atoms with E-state index in [0.29, 0.717) is 22.3 Å². The highest BCUT2D eigenvalue weighted by atomic mass is 35.5. The Labute approximate surface area is 197 Å². The van der Waals surface area contributed by atoms with Gasteiger partial charge in [-0.05, 0) is 48.9 Å². The number of aromatic nitrogens is 1. The minimum absolute atomic E-state index is 0.125. The van der Waals surface area contributed by atoms with Crippen LogP contribution in [0, 0.1) is 11.3 Å². The molecule has 1 amide bonds. The number of rotatable bonds is 7. The summed E-state index contributed by atoms with van der Waals surface area (Å²) in [4.78, 5) is 28.8. The molecule has 0 aliphatic rings. The molecule has 0 saturated heterocycles. The lowest BCUT2D eigenvalue weighted by Crippen LogP contribution is -2.13. The van der Waals surface area contributed by atoms with E-state index in [-0.39, 0.29) is 27.7 Å². The molecule has 1 N–H and O–H groups in total. The minimum atomic E-state index is -0.684. The van der Waals surface area contributed by atoms with Crippen LogP contribution in [0.25, 0.3) is 6.08 Å². The van der Waals surface area contributed by atoms with E-state index in [1.165, 1.54) is 41.7 Å². The number of hydrogen-bond donors (Lipinski definition) is 1. The molecular formula is C22H15Cl2N3O4S. The molecule has 0 aliphatic heterocycles. The first-order valence-electron chi connectivity index (χ1n) is 9.18. The third-order valence-electron chi connectivity index (χ3n) is 3.95. The van der Waals surface area contributed by atoms with Crippen molar-refractivity contribution in [2.24, 2.45) is 0 Å². The van der Waals surface area contributed by atoms with Crippen molar-refractivity contribution in [2.75, 3.05) is 11.9 Å². The number of thiazole rings is 1. The summed E-state index contributed by atoms with van der Waals surface area (Å²) in [7, 11) is 0. The van der Waals surface area contributed by atoms with Gasteiger partial charge >= 0.3 is 5.97 Å². The summed E-state index contributed by atoms with van der Waals surface area (Å²) in [5.41, 5.74) is 0.525. The largest absolute Gasteiger partial charge is 0.490 e. The summed E-state index contributed by atoms with van der Waals surface area (Å²) in [5, 5.41) is 14.6. The van der Waals surface area contributed by atoms with Crippen LogP contribution >= 0.6 is 34.5 Å². The van der Waals surface area contributed by atoms with Gasteiger partial charge in [0.25, 0.3) is 5.91 Å². The molecule has 32 heavy (non-hydrogen) atoms. The topological polar surface area (TPSA) is 101 Å². The van der Waals surface area contributed by atoms with Crippen molar-refractivity contribution >= 4 is 57.6 Å². The van der Waals surface area contributed by atoms with Crippen LogP contribution in [0.3, 0.4) is 0 Å². The summed E-state index contributed by atoms with van der Waals surface area (Å²) in [6, 6.07) is 11.0. The van der Waals surface area contributed by atoms with Crippen molar-refractivity contribution in [3.8, 4) is 17.6 Å². The lowest BCUT2D eigenvalue weighted by molar-refractivity contribution is -0.112. The highest BCUT2D eigenvalue weighted by Crippen LogP contribution is 2.31. The maximum absolute atomic E-state index is 12.5. The van der Waals surface area contributed by atoms with Crippen LogP contribution in [0.2, 0.25) is 10.0 Å². The predicted octanol–water partition coefficient (Wildman–Crippen LogP) is 5.61. The molecule has 0 spiro atoms. The monoisotopic (exact) mass is 487 g/mol. The van der Waals surface area contributed by atoms with Crippen LogP contribution in [0.1, 0.15) is 22.8 Å². The Hall–Kier alpha value is -3.38. The van der Waals surface area contributed by atoms with Gasteiger partial charge in [0.15, 0.2) is 16.6 Å². The zero-order valence-electron chi connectivity index (χ0n) is 16.6. The van der Waals surface area contributed by atoms with Gasteiger partial charge in [-0.3, -0.25) is 10.1 Å². The summed E-state index contributed by atoms with van der Waals surface area (Å²) >= 11 is 13.2. The Morgan fingerprint density at radius 2 is 2.03 bits per heavy atom. The Balaban J connectivity index is 1.84. The molecule has 10 heteroatoms. The maximum atomic E-state index is 12.5. The molecule has 0 aliphatic carbocycles. The fourth-order valence-corrected chi connectivity index (χ4v) is 3.55. The van der Waals surface area contributed by atoms with Crippen LogP contribution in [-0.2, 0) is 4.79 Å². The average Bonchev–Trinajstić information content (AvgIpc) is 3.26. The first-order chi connectivity index (χ1) is 15.4. The van der Waals surface area contributed by atoms with Gasteiger partial charge in [-0.1, -0.05) is 29.3 Å². The molecule has 0 radical (unpaired) electrons. The number of nitrogens with zero attached hydrogens (tertiary/aromatic N) is 2. The van der Waals surface area contributed by atoms with E-state index >= 15 is 0 Å². The number of hydrogen-bond acceptors (Lipinski definition) is 7. The lowest BCUT2D eigenvalue weighted by Gasteiger charge is -2.12. The molecule has 0 atom stereocenters. The second-order valence-corrected chi connectivity index (χ2v) is 7.85. The Morgan fingerprint density at radius 1 is 1.22 bits per heavy atom. The van der Waals surface area contributed by atoms with Gasteiger partial charge in [0.2, 0.25) is 0 Å². The number of esters is 1. The maximum Gasteiger partial charge on any atom is 0.345 e. The highest BCUT2D eigenvalue weighted by molar-refractivity contribution is 7.13. The van der Waals surface area contributed by atoms with Crippen LogP contribution in [-0.4, -0.2) is 23.5 Å². The van der Waals surface area contributed by atoms with Crippen LogP contribution in [0.15, 0.2) is 53.5 Å². The Bertz CT molecular complexity index is 1220. The highest BCUT2D eigenvalue weighted by Gasteiger charge is 2.17. The van der Waals surface area contributed by atoms with Gasteiger partial charge in [0.1, 0.15) is 11.6 Å². The molecule has 2 aromatic carbocycles. The van der Waals surface area contributed by atoms with Crippen LogP contribution in [0.5, 0.6) is 11.5 Å². The smallest absolute Gasteiger partial charge is 0.345 e. The summed E-state index contributed by atoms with van der Waals surface area (Å²) in [5.74, 6) is -0.854. The zero-order valence-corrected chi connectivity index (χ0v) is 18.9. The number of benzene rings is 2. The van der Waals surface area contributed by atoms with Gasteiger partial charge in [-0.25, -0.2) is 9.78 Å². The number of nitriles is 1. The summed E-state index contributed by atoms with van der Waals surface area (Å²) in [6.45, 7) is 2.07. The molecule has 7 nitrogen and oxygen atoms in total. The number of carbonyl (C=O) groups is 2. The van der Waals surface area contributed by atoms with Gasteiger partial charge in [-0.15, -0.1) is 11.3 Å². The number of anilines is 1. The molecule has 0 unspecified atom stereocenters. The Morgan fingerprint density at radius 3 is 2.69 bits per heavy atom. The van der Waals surface area contributed by atoms with E-state index in [0.717, 1.165) is 0 Å². The lowest BCUT2D eigenvalue weighted by atomic mass is 10.1. The normalized spacial score (nSPS) is 10.9. The number of amides is 1. The average molecular weight is 488 g/mol. The van der Waals surface area contributed by atoms with Gasteiger partial charge in [-0.2, -0.15) is 5.26 Å². The number of ether oxygens (including phenoxy) is 2. The van der Waals surface area contributed by atoms with E-state index in [9.17, 15) is 14.9 Å². The third-order valence-corrected chi connectivity index (χ3v) is 5.19. The third kappa shape index (κ3) is 5.86. The molecule has 3 rings (SSSR count). The molecule has 0 fully saturated rings. The fraction of sp³-hybridized carbons (Fsp3) is 0.0909. The SMILES string of the molecule is CCOc1cc(/C=C(\C#N)C(=O)Nc2nccs2)ccc1OC(=O)c1ccc(Cl)cc1Cl. The van der Waals surface area contributed by atoms with Gasteiger partial charge in [0.05, 0.1) is 17.2 Å². The second kappa shape index (κ2) is 10.8. The second-order valence-electron chi connectivity index (χ2n) is 6.11. The molecule has 0 saturated carbocycles. The quantitative estimate of drug-likeness (QED) is 0.201. The number of nitrogens with one attached hydrogen (secondary N) is 1. The van der Waals surface area contributed by atoms with E-state index in [1.807, 2.05) is 6.07 Å². The molecule has 162 valence electrons. The zero-order chi connectivity index (χ0) is 23.1. The van der Waals surface area contributed by atoms with Gasteiger partial charge in [0, 0.05) is 16.6 Å². The predicted molar refractivity (Wildman–Crippen MR) is 123 cm³/mol. The minimum Gasteiger partial charge on any atom is -0.490 e. The molecular weight excluding hydrogens is 473 g/mol. The molecule has 0 bridgehead atoms. The van der Waals surface area contributed by atoms with Crippen molar-refractivity contribution in [2.45, 2.75) is 6.92 Å². The van der Waals surface area contributed by atoms with Crippen molar-refractivity contribution < 1.29 is 19.1 Å². The van der Waals surface area contributed by atoms with Crippen LogP contribution < -0.4 is 14.8 Å². The van der Waals surface area contributed by atoms with Crippen molar-refractivity contribution in [1.82, 2.24) is 4.98 Å². The number of halogens is 2. The number of carbonyl (C=O) groups excluding carboxylic acids is 2. The van der Waals surface area contributed by atoms with Crippen molar-refractivity contribution in [3.05, 3.63) is 74.7 Å². The van der Waals surface area contributed by atoms with E-state index < -0.39 is 11.9 Å². The van der Waals surface area contributed by atoms with Crippen molar-refractivity contribution in [3.63, 3.8) is 0 Å². The van der Waals surface area contributed by atoms with E-state index in [4.69, 9.17) is 32.7 Å². The molecule has 1 aromatic heterocycles. The molecule has 1 heterocycles. The van der Waals surface area contributed by atoms with E-state index in [2.05, 4.69) is 10.3 Å². The van der Waals surface area contributed by atoms with Gasteiger partial charge < -0.3 is 9.47 Å². The Kier molecular flexibility index (Phi) is 7.84. The van der Waals surface area contributed by atoms with Crippen molar-refractivity contribution in [1.29, 1.82) is 5.26 Å². The summed E-state index contributed by atoms with van der Waals surface area (Å²) < 4.78 is 11.0. The molecule has 3 aromatic rings. The first-order valence-corrected chi connectivity index (χ1v) is 10.8. The standard InChI is InChI=1S/C22H15Cl2N3O4S/c1-2-30-19-10-13(9-14(12-25)20(28)27-22-26-7-8-32-22)3-6-18(19)31-21(29)16-5-4-15(23)11-17(16)24/h3-11H,2H2,1H3,(H,26,27,28)/b14-9+. The fourth-order valence-electron chi connectivity index (χ4n) is 2.54. The first kappa shape index (κ1) is 23.3. The van der Waals surface area contributed by atoms with E-state index in [1.54, 1.807) is 30.6 Å². The van der Waals surface area contributed by atoms with Crippen LogP contribution in [0.4, 0.5) is 5.13 Å². The summed E-state index contributed by atoms with van der Waals surface area (Å²) in [6.07, 6.45) is 2.94.